The third kappa shape index (κ3) is 3.57. The van der Waals surface area contributed by atoms with Gasteiger partial charge in [0, 0.05) is 49.0 Å². The first-order chi connectivity index (χ1) is 12.9. The largest absolute Gasteiger partial charge is 0.335 e. The van der Waals surface area contributed by atoms with Gasteiger partial charge in [0.25, 0.3) is 0 Å². The van der Waals surface area contributed by atoms with Crippen LogP contribution in [0, 0.1) is 0 Å². The van der Waals surface area contributed by atoms with Gasteiger partial charge in [-0.1, -0.05) is 20.8 Å². The third-order valence-electron chi connectivity index (χ3n) is 4.85. The highest BCUT2D eigenvalue weighted by Gasteiger charge is 2.23. The highest BCUT2D eigenvalue weighted by atomic mass is 15.3. The zero-order valence-corrected chi connectivity index (χ0v) is 16.2. The number of pyridine rings is 1. The molecular formula is C19H26N8. The Bertz CT molecular complexity index is 942. The average Bonchev–Trinajstić information content (AvgIpc) is 3.11. The number of H-pyrrole nitrogens is 1. The first-order valence-electron chi connectivity index (χ1n) is 9.35. The monoisotopic (exact) mass is 366 g/mol. The lowest BCUT2D eigenvalue weighted by molar-refractivity contribution is 0.493. The number of nitrogens with one attached hydrogen (secondary N) is 3. The molecule has 0 saturated carbocycles. The van der Waals surface area contributed by atoms with E-state index in [1.54, 1.807) is 6.20 Å². The summed E-state index contributed by atoms with van der Waals surface area (Å²) in [7, 11) is 0. The number of fused-ring (bicyclic) bond motifs is 1. The van der Waals surface area contributed by atoms with Crippen LogP contribution in [0.4, 0.5) is 17.6 Å². The molecule has 1 fully saturated rings. The molecule has 0 radical (unpaired) electrons. The molecule has 3 aromatic rings. The van der Waals surface area contributed by atoms with Gasteiger partial charge in [-0.3, -0.25) is 5.10 Å². The molecule has 0 aromatic carbocycles. The first kappa shape index (κ1) is 17.7. The fraction of sp³-hybridized carbons (Fsp3) is 0.474. The maximum absolute atomic E-state index is 4.82. The lowest BCUT2D eigenvalue weighted by atomic mass is 9.92. The Morgan fingerprint density at radius 1 is 1.26 bits per heavy atom. The molecule has 1 aliphatic rings. The second-order valence-corrected chi connectivity index (χ2v) is 8.04. The summed E-state index contributed by atoms with van der Waals surface area (Å²) in [6.45, 7) is 11.3. The molecule has 0 aliphatic carbocycles. The van der Waals surface area contributed by atoms with Gasteiger partial charge in [-0.2, -0.15) is 15.1 Å². The minimum absolute atomic E-state index is 0.00359. The van der Waals surface area contributed by atoms with E-state index in [4.69, 9.17) is 9.97 Å². The van der Waals surface area contributed by atoms with E-state index in [0.717, 1.165) is 42.4 Å². The van der Waals surface area contributed by atoms with E-state index in [9.17, 15) is 0 Å². The van der Waals surface area contributed by atoms with E-state index in [1.807, 2.05) is 18.2 Å². The van der Waals surface area contributed by atoms with Crippen molar-refractivity contribution in [2.45, 2.75) is 39.2 Å². The maximum Gasteiger partial charge on any atom is 0.229 e. The second-order valence-electron chi connectivity index (χ2n) is 8.04. The summed E-state index contributed by atoms with van der Waals surface area (Å²) in [5, 5.41) is 15.1. The van der Waals surface area contributed by atoms with Crippen LogP contribution in [0.5, 0.6) is 0 Å². The van der Waals surface area contributed by atoms with Crippen LogP contribution in [0.25, 0.3) is 11.0 Å². The molecule has 0 amide bonds. The molecule has 0 bridgehead atoms. The normalized spacial score (nSPS) is 18.1. The van der Waals surface area contributed by atoms with Crippen LogP contribution >= 0.6 is 0 Å². The summed E-state index contributed by atoms with van der Waals surface area (Å²) in [5.41, 5.74) is 1.75. The Morgan fingerprint density at radius 3 is 2.85 bits per heavy atom. The number of rotatable bonds is 3. The minimum Gasteiger partial charge on any atom is -0.335 e. The predicted molar refractivity (Wildman–Crippen MR) is 108 cm³/mol. The summed E-state index contributed by atoms with van der Waals surface area (Å²) < 4.78 is 0. The number of aromatic amines is 1. The van der Waals surface area contributed by atoms with Crippen LogP contribution in [0.1, 0.15) is 33.4 Å². The molecule has 4 rings (SSSR count). The van der Waals surface area contributed by atoms with Crippen LogP contribution in [0.3, 0.4) is 0 Å². The van der Waals surface area contributed by atoms with E-state index >= 15 is 0 Å². The van der Waals surface area contributed by atoms with Crippen LogP contribution in [0.15, 0.2) is 24.4 Å². The van der Waals surface area contributed by atoms with Crippen LogP contribution in [-0.2, 0) is 5.41 Å². The van der Waals surface area contributed by atoms with Crippen molar-refractivity contribution in [3.8, 4) is 0 Å². The zero-order chi connectivity index (χ0) is 19.0. The van der Waals surface area contributed by atoms with E-state index in [0.29, 0.717) is 17.6 Å². The topological polar surface area (TPSA) is 94.7 Å². The molecular weight excluding hydrogens is 340 g/mol. The fourth-order valence-electron chi connectivity index (χ4n) is 3.20. The quantitative estimate of drug-likeness (QED) is 0.656. The van der Waals surface area contributed by atoms with Crippen molar-refractivity contribution in [2.75, 3.05) is 29.9 Å². The molecule has 142 valence electrons. The highest BCUT2D eigenvalue weighted by molar-refractivity contribution is 5.89. The number of hydrogen-bond acceptors (Lipinski definition) is 7. The van der Waals surface area contributed by atoms with Gasteiger partial charge in [-0.15, -0.1) is 0 Å². The number of anilines is 3. The third-order valence-corrected chi connectivity index (χ3v) is 4.85. The second kappa shape index (κ2) is 6.77. The molecule has 1 saturated heterocycles. The summed E-state index contributed by atoms with van der Waals surface area (Å²) in [4.78, 5) is 16.2. The Labute approximate surface area is 158 Å². The van der Waals surface area contributed by atoms with Gasteiger partial charge in [0.15, 0.2) is 11.5 Å². The van der Waals surface area contributed by atoms with Crippen molar-refractivity contribution in [1.29, 1.82) is 0 Å². The standard InChI is InChI=1S/C19H26N8/c1-12-11-20-8-9-27(12)18-23-16-13(6-5-7-21-16)17(24-18)22-15-10-14(25-26-15)19(2,3)4/h5-7,10,12,20H,8-9,11H2,1-4H3,(H2,21,22,23,24,25,26)/t12-/m1/s1. The van der Waals surface area contributed by atoms with Crippen LogP contribution < -0.4 is 15.5 Å². The number of nitrogens with zero attached hydrogens (tertiary/aromatic N) is 5. The lowest BCUT2D eigenvalue weighted by Gasteiger charge is -2.34. The molecule has 8 nitrogen and oxygen atoms in total. The van der Waals surface area contributed by atoms with Gasteiger partial charge in [0.2, 0.25) is 5.95 Å². The van der Waals surface area contributed by atoms with Gasteiger partial charge in [-0.25, -0.2) is 4.98 Å². The van der Waals surface area contributed by atoms with Gasteiger partial charge in [-0.05, 0) is 19.1 Å². The molecule has 1 aliphatic heterocycles. The molecule has 8 heteroatoms. The van der Waals surface area contributed by atoms with Crippen LogP contribution in [-0.4, -0.2) is 50.8 Å². The Balaban J connectivity index is 1.73. The Morgan fingerprint density at radius 2 is 2.11 bits per heavy atom. The Kier molecular flexibility index (Phi) is 4.43. The predicted octanol–water partition coefficient (Wildman–Crippen LogP) is 2.59. The molecule has 0 unspecified atom stereocenters. The lowest BCUT2D eigenvalue weighted by Crippen LogP contribution is -2.50. The minimum atomic E-state index is 0.00359. The smallest absolute Gasteiger partial charge is 0.229 e. The molecule has 0 spiro atoms. The molecule has 1 atom stereocenters. The van der Waals surface area contributed by atoms with Crippen molar-refractivity contribution in [2.24, 2.45) is 0 Å². The van der Waals surface area contributed by atoms with Gasteiger partial charge in [0.05, 0.1) is 5.39 Å². The van der Waals surface area contributed by atoms with Crippen LogP contribution in [0.2, 0.25) is 0 Å². The Hall–Kier alpha value is -2.74. The zero-order valence-electron chi connectivity index (χ0n) is 16.2. The summed E-state index contributed by atoms with van der Waals surface area (Å²) in [5.74, 6) is 2.16. The van der Waals surface area contributed by atoms with Gasteiger partial charge >= 0.3 is 0 Å². The molecule has 3 N–H and O–H groups in total. The highest BCUT2D eigenvalue weighted by Crippen LogP contribution is 2.28. The van der Waals surface area contributed by atoms with Crippen molar-refractivity contribution in [3.05, 3.63) is 30.1 Å². The van der Waals surface area contributed by atoms with Crippen molar-refractivity contribution >= 4 is 28.6 Å². The average molecular weight is 366 g/mol. The first-order valence-corrected chi connectivity index (χ1v) is 9.35. The fourth-order valence-corrected chi connectivity index (χ4v) is 3.20. The SMILES string of the molecule is C[C@@H]1CNCCN1c1nc(Nc2cc(C(C)(C)C)[nH]n2)c2cccnc2n1. The van der Waals surface area contributed by atoms with Gasteiger partial charge < -0.3 is 15.5 Å². The maximum atomic E-state index is 4.82. The van der Waals surface area contributed by atoms with Crippen molar-refractivity contribution in [3.63, 3.8) is 0 Å². The molecule has 4 heterocycles. The van der Waals surface area contributed by atoms with E-state index < -0.39 is 0 Å². The van der Waals surface area contributed by atoms with Crippen molar-refractivity contribution in [1.82, 2.24) is 30.5 Å². The summed E-state index contributed by atoms with van der Waals surface area (Å²) in [6, 6.07) is 6.23. The number of aromatic nitrogens is 5. The van der Waals surface area contributed by atoms with Gasteiger partial charge in [0.1, 0.15) is 5.82 Å². The summed E-state index contributed by atoms with van der Waals surface area (Å²) in [6.07, 6.45) is 1.76. The molecule has 27 heavy (non-hydrogen) atoms. The van der Waals surface area contributed by atoms with E-state index in [-0.39, 0.29) is 5.41 Å². The van der Waals surface area contributed by atoms with E-state index in [1.165, 1.54) is 0 Å². The summed E-state index contributed by atoms with van der Waals surface area (Å²) >= 11 is 0. The number of hydrogen-bond donors (Lipinski definition) is 3. The van der Waals surface area contributed by atoms with E-state index in [2.05, 4.69) is 58.4 Å². The number of piperazine rings is 1. The molecule has 3 aromatic heterocycles. The van der Waals surface area contributed by atoms with Crippen molar-refractivity contribution < 1.29 is 0 Å².